The third kappa shape index (κ3) is 3.28. The van der Waals surface area contributed by atoms with E-state index >= 15 is 0 Å². The summed E-state index contributed by atoms with van der Waals surface area (Å²) < 4.78 is 7.49. The van der Waals surface area contributed by atoms with Crippen molar-refractivity contribution in [2.75, 3.05) is 6.61 Å². The van der Waals surface area contributed by atoms with Gasteiger partial charge in [-0.1, -0.05) is 29.8 Å². The van der Waals surface area contributed by atoms with E-state index in [0.717, 1.165) is 11.4 Å². The first kappa shape index (κ1) is 13.9. The van der Waals surface area contributed by atoms with Crippen LogP contribution in [-0.4, -0.2) is 16.4 Å². The van der Waals surface area contributed by atoms with Crippen molar-refractivity contribution in [2.45, 2.75) is 25.9 Å². The van der Waals surface area contributed by atoms with E-state index in [2.05, 4.69) is 5.10 Å². The molecule has 0 aliphatic heterocycles. The van der Waals surface area contributed by atoms with E-state index in [-0.39, 0.29) is 12.1 Å². The molecule has 2 aromatic rings. The quantitative estimate of drug-likeness (QED) is 0.914. The number of halogens is 1. The predicted molar refractivity (Wildman–Crippen MR) is 76.5 cm³/mol. The van der Waals surface area contributed by atoms with Crippen LogP contribution in [0.1, 0.15) is 31.6 Å². The summed E-state index contributed by atoms with van der Waals surface area (Å²) in [6.45, 7) is 4.44. The fraction of sp³-hybridized carbons (Fsp3) is 0.357. The van der Waals surface area contributed by atoms with Crippen LogP contribution >= 0.6 is 11.6 Å². The Labute approximate surface area is 118 Å². The maximum atomic E-state index is 6.16. The highest BCUT2D eigenvalue weighted by Gasteiger charge is 2.19. The van der Waals surface area contributed by atoms with Gasteiger partial charge in [-0.25, -0.2) is 0 Å². The van der Waals surface area contributed by atoms with Crippen LogP contribution < -0.4 is 10.5 Å². The van der Waals surface area contributed by atoms with Gasteiger partial charge in [-0.2, -0.15) is 5.10 Å². The largest absolute Gasteiger partial charge is 0.492 e. The molecule has 0 bridgehead atoms. The van der Waals surface area contributed by atoms with Crippen molar-refractivity contribution in [2.24, 2.45) is 5.73 Å². The van der Waals surface area contributed by atoms with Crippen LogP contribution in [0.15, 0.2) is 36.5 Å². The molecule has 0 radical (unpaired) electrons. The maximum absolute atomic E-state index is 6.16. The minimum atomic E-state index is -0.308. The summed E-state index contributed by atoms with van der Waals surface area (Å²) in [6, 6.07) is 9.49. The molecule has 0 aliphatic rings. The molecule has 4 nitrogen and oxygen atoms in total. The topological polar surface area (TPSA) is 53.1 Å². The molecule has 1 heterocycles. The van der Waals surface area contributed by atoms with Crippen molar-refractivity contribution >= 4 is 11.6 Å². The number of hydrogen-bond acceptors (Lipinski definition) is 3. The molecule has 5 heteroatoms. The molecule has 1 atom stereocenters. The number of nitrogens with zero attached hydrogens (tertiary/aromatic N) is 2. The van der Waals surface area contributed by atoms with E-state index in [0.29, 0.717) is 11.6 Å². The zero-order valence-electron chi connectivity index (χ0n) is 11.1. The van der Waals surface area contributed by atoms with E-state index in [1.165, 1.54) is 0 Å². The van der Waals surface area contributed by atoms with Crippen molar-refractivity contribution < 1.29 is 4.74 Å². The van der Waals surface area contributed by atoms with Gasteiger partial charge >= 0.3 is 0 Å². The molecule has 1 unspecified atom stereocenters. The SMILES string of the molecule is CC(C)n1ncc(Cl)c1C(N)COc1ccccc1. The van der Waals surface area contributed by atoms with Crippen molar-refractivity contribution in [3.63, 3.8) is 0 Å². The molecular weight excluding hydrogens is 262 g/mol. The number of benzene rings is 1. The second kappa shape index (κ2) is 6.08. The predicted octanol–water partition coefficient (Wildman–Crippen LogP) is 3.20. The van der Waals surface area contributed by atoms with Crippen LogP contribution in [0.5, 0.6) is 5.75 Å². The van der Waals surface area contributed by atoms with Crippen LogP contribution in [0.25, 0.3) is 0 Å². The summed E-state index contributed by atoms with van der Waals surface area (Å²) >= 11 is 6.15. The molecule has 1 aromatic carbocycles. The normalized spacial score (nSPS) is 12.7. The molecule has 0 aliphatic carbocycles. The van der Waals surface area contributed by atoms with E-state index in [1.807, 2.05) is 48.9 Å². The molecule has 0 saturated carbocycles. The van der Waals surface area contributed by atoms with E-state index < -0.39 is 0 Å². The highest BCUT2D eigenvalue weighted by Crippen LogP contribution is 2.24. The van der Waals surface area contributed by atoms with Crippen LogP contribution in [-0.2, 0) is 0 Å². The summed E-state index contributed by atoms with van der Waals surface area (Å²) in [5.74, 6) is 0.796. The summed E-state index contributed by atoms with van der Waals surface area (Å²) in [5, 5.41) is 4.82. The summed E-state index contributed by atoms with van der Waals surface area (Å²) in [5.41, 5.74) is 6.97. The number of hydrogen-bond donors (Lipinski definition) is 1. The lowest BCUT2D eigenvalue weighted by atomic mass is 10.2. The lowest BCUT2D eigenvalue weighted by Crippen LogP contribution is -2.23. The highest BCUT2D eigenvalue weighted by molar-refractivity contribution is 6.31. The van der Waals surface area contributed by atoms with Gasteiger partial charge in [-0.15, -0.1) is 0 Å². The van der Waals surface area contributed by atoms with Crippen LogP contribution in [0.2, 0.25) is 5.02 Å². The minimum Gasteiger partial charge on any atom is -0.492 e. The Bertz CT molecular complexity index is 525. The standard InChI is InChI=1S/C14H18ClN3O/c1-10(2)18-14(12(15)8-17-18)13(16)9-19-11-6-4-3-5-7-11/h3-8,10,13H,9,16H2,1-2H3. The Morgan fingerprint density at radius 1 is 1.32 bits per heavy atom. The molecular formula is C14H18ClN3O. The van der Waals surface area contributed by atoms with Gasteiger partial charge in [0, 0.05) is 6.04 Å². The number of rotatable bonds is 5. The smallest absolute Gasteiger partial charge is 0.119 e. The molecule has 0 saturated heterocycles. The molecule has 19 heavy (non-hydrogen) atoms. The first-order valence-corrected chi connectivity index (χ1v) is 6.63. The molecule has 1 aromatic heterocycles. The van der Waals surface area contributed by atoms with Crippen LogP contribution in [0.4, 0.5) is 0 Å². The Balaban J connectivity index is 2.08. The van der Waals surface area contributed by atoms with Gasteiger partial charge in [-0.3, -0.25) is 4.68 Å². The molecule has 102 valence electrons. The first-order valence-electron chi connectivity index (χ1n) is 6.26. The molecule has 0 spiro atoms. The number of aromatic nitrogens is 2. The second-order valence-electron chi connectivity index (χ2n) is 4.65. The monoisotopic (exact) mass is 279 g/mol. The van der Waals surface area contributed by atoms with Gasteiger partial charge in [0.25, 0.3) is 0 Å². The van der Waals surface area contributed by atoms with Crippen molar-refractivity contribution in [3.8, 4) is 5.75 Å². The zero-order chi connectivity index (χ0) is 13.8. The molecule has 0 amide bonds. The summed E-state index contributed by atoms with van der Waals surface area (Å²) in [4.78, 5) is 0. The van der Waals surface area contributed by atoms with Gasteiger partial charge in [-0.05, 0) is 26.0 Å². The van der Waals surface area contributed by atoms with E-state index in [4.69, 9.17) is 22.1 Å². The van der Waals surface area contributed by atoms with Gasteiger partial charge in [0.05, 0.1) is 23.0 Å². The average Bonchev–Trinajstić information content (AvgIpc) is 2.79. The van der Waals surface area contributed by atoms with Gasteiger partial charge in [0.1, 0.15) is 12.4 Å². The van der Waals surface area contributed by atoms with Gasteiger partial charge < -0.3 is 10.5 Å². The number of ether oxygens (including phenoxy) is 1. The fourth-order valence-corrected chi connectivity index (χ4v) is 2.16. The van der Waals surface area contributed by atoms with Crippen LogP contribution in [0.3, 0.4) is 0 Å². The average molecular weight is 280 g/mol. The fourth-order valence-electron chi connectivity index (χ4n) is 1.89. The number of nitrogens with two attached hydrogens (primary N) is 1. The Kier molecular flexibility index (Phi) is 4.45. The third-order valence-corrected chi connectivity index (χ3v) is 3.09. The first-order chi connectivity index (χ1) is 9.09. The Hall–Kier alpha value is -1.52. The Morgan fingerprint density at radius 2 is 2.00 bits per heavy atom. The van der Waals surface area contributed by atoms with Crippen molar-refractivity contribution in [1.82, 2.24) is 9.78 Å². The van der Waals surface area contributed by atoms with Crippen molar-refractivity contribution in [1.29, 1.82) is 0 Å². The second-order valence-corrected chi connectivity index (χ2v) is 5.05. The van der Waals surface area contributed by atoms with Crippen molar-refractivity contribution in [3.05, 3.63) is 47.2 Å². The Morgan fingerprint density at radius 3 is 2.63 bits per heavy atom. The van der Waals surface area contributed by atoms with E-state index in [9.17, 15) is 0 Å². The molecule has 2 N–H and O–H groups in total. The lowest BCUT2D eigenvalue weighted by molar-refractivity contribution is 0.282. The highest BCUT2D eigenvalue weighted by atomic mass is 35.5. The minimum absolute atomic E-state index is 0.213. The molecule has 0 fully saturated rings. The summed E-state index contributed by atoms with van der Waals surface area (Å²) in [7, 11) is 0. The maximum Gasteiger partial charge on any atom is 0.119 e. The van der Waals surface area contributed by atoms with Gasteiger partial charge in [0.15, 0.2) is 0 Å². The third-order valence-electron chi connectivity index (χ3n) is 2.80. The van der Waals surface area contributed by atoms with Gasteiger partial charge in [0.2, 0.25) is 0 Å². The summed E-state index contributed by atoms with van der Waals surface area (Å²) in [6.07, 6.45) is 1.62. The van der Waals surface area contributed by atoms with Crippen LogP contribution in [0, 0.1) is 0 Å². The molecule has 2 rings (SSSR count). The zero-order valence-corrected chi connectivity index (χ0v) is 11.8. The lowest BCUT2D eigenvalue weighted by Gasteiger charge is -2.17. The van der Waals surface area contributed by atoms with E-state index in [1.54, 1.807) is 6.20 Å². The number of para-hydroxylation sites is 1.